The van der Waals surface area contributed by atoms with Gasteiger partial charge in [-0.2, -0.15) is 5.10 Å². The van der Waals surface area contributed by atoms with E-state index < -0.39 is 0 Å². The van der Waals surface area contributed by atoms with Crippen molar-refractivity contribution >= 4 is 46.6 Å². The van der Waals surface area contributed by atoms with Crippen LogP contribution in [0.15, 0.2) is 40.5 Å². The third kappa shape index (κ3) is 5.17. The average molecular weight is 335 g/mol. The van der Waals surface area contributed by atoms with Gasteiger partial charge in [0.15, 0.2) is 5.17 Å². The van der Waals surface area contributed by atoms with E-state index in [1.165, 1.54) is 11.8 Å². The van der Waals surface area contributed by atoms with Crippen molar-refractivity contribution in [1.82, 2.24) is 0 Å². The van der Waals surface area contributed by atoms with Crippen LogP contribution in [0.25, 0.3) is 0 Å². The summed E-state index contributed by atoms with van der Waals surface area (Å²) in [6.45, 7) is 1.91. The molecule has 0 saturated carbocycles. The number of thioether (sulfide) groups is 1. The second-order valence-electron chi connectivity index (χ2n) is 2.69. The molecule has 82 valence electrons. The van der Waals surface area contributed by atoms with Crippen molar-refractivity contribution in [3.05, 3.63) is 35.9 Å². The molecule has 1 rings (SSSR count). The Hall–Kier alpha value is -0.560. The van der Waals surface area contributed by atoms with Crippen LogP contribution < -0.4 is 5.73 Å². The van der Waals surface area contributed by atoms with Crippen molar-refractivity contribution in [2.75, 3.05) is 6.26 Å². The zero-order valence-electron chi connectivity index (χ0n) is 8.68. The van der Waals surface area contributed by atoms with Crippen LogP contribution in [0.1, 0.15) is 12.5 Å². The van der Waals surface area contributed by atoms with Gasteiger partial charge in [0.1, 0.15) is 0 Å². The fourth-order valence-electron chi connectivity index (χ4n) is 0.902. The fourth-order valence-corrected chi connectivity index (χ4v) is 1.02. The van der Waals surface area contributed by atoms with Crippen LogP contribution in [0.2, 0.25) is 0 Å². The molecule has 0 amide bonds. The molecule has 0 heterocycles. The summed E-state index contributed by atoms with van der Waals surface area (Å²) < 4.78 is 0. The Morgan fingerprint density at radius 3 is 2.33 bits per heavy atom. The van der Waals surface area contributed by atoms with Gasteiger partial charge in [-0.1, -0.05) is 42.1 Å². The van der Waals surface area contributed by atoms with Gasteiger partial charge in [-0.3, -0.25) is 0 Å². The predicted molar refractivity (Wildman–Crippen MR) is 79.2 cm³/mol. The minimum Gasteiger partial charge on any atom is -0.377 e. The van der Waals surface area contributed by atoms with Gasteiger partial charge in [0.05, 0.1) is 5.71 Å². The predicted octanol–water partition coefficient (Wildman–Crippen LogP) is 2.71. The number of halogens is 1. The number of hydrogen-bond donors (Lipinski definition) is 1. The third-order valence-electron chi connectivity index (χ3n) is 1.70. The average Bonchev–Trinajstić information content (AvgIpc) is 2.26. The van der Waals surface area contributed by atoms with Gasteiger partial charge in [0, 0.05) is 0 Å². The monoisotopic (exact) mass is 335 g/mol. The molecule has 1 aromatic rings. The Morgan fingerprint density at radius 2 is 1.80 bits per heavy atom. The molecule has 0 spiro atoms. The van der Waals surface area contributed by atoms with Crippen molar-refractivity contribution in [2.45, 2.75) is 6.92 Å². The topological polar surface area (TPSA) is 50.7 Å². The normalized spacial score (nSPS) is 12.1. The van der Waals surface area contributed by atoms with Gasteiger partial charge in [-0.25, -0.2) is 0 Å². The molecule has 5 heteroatoms. The largest absolute Gasteiger partial charge is 0.377 e. The maximum Gasteiger partial charge on any atom is 0.180 e. The first-order valence-electron chi connectivity index (χ1n) is 4.21. The van der Waals surface area contributed by atoms with E-state index in [0.717, 1.165) is 11.3 Å². The Morgan fingerprint density at radius 1 is 1.20 bits per heavy atom. The zero-order valence-corrected chi connectivity index (χ0v) is 11.8. The lowest BCUT2D eigenvalue weighted by atomic mass is 10.1. The summed E-state index contributed by atoms with van der Waals surface area (Å²) >= 11 is 1.38. The van der Waals surface area contributed by atoms with E-state index in [4.69, 9.17) is 5.73 Å². The molecule has 0 aliphatic rings. The highest BCUT2D eigenvalue weighted by Crippen LogP contribution is 2.01. The molecule has 2 N–H and O–H groups in total. The van der Waals surface area contributed by atoms with Crippen molar-refractivity contribution in [3.63, 3.8) is 0 Å². The van der Waals surface area contributed by atoms with Gasteiger partial charge in [0.2, 0.25) is 0 Å². The molecule has 0 aromatic heterocycles. The van der Waals surface area contributed by atoms with E-state index in [1.54, 1.807) is 0 Å². The molecular formula is C10H14IN3S. The first-order chi connectivity index (χ1) is 6.74. The van der Waals surface area contributed by atoms with Crippen LogP contribution in [-0.4, -0.2) is 17.1 Å². The smallest absolute Gasteiger partial charge is 0.180 e. The molecule has 0 atom stereocenters. The van der Waals surface area contributed by atoms with Gasteiger partial charge < -0.3 is 5.73 Å². The lowest BCUT2D eigenvalue weighted by Gasteiger charge is -1.97. The van der Waals surface area contributed by atoms with E-state index in [2.05, 4.69) is 10.2 Å². The number of rotatable bonds is 2. The summed E-state index contributed by atoms with van der Waals surface area (Å²) in [5, 5.41) is 8.36. The molecule has 0 aliphatic carbocycles. The lowest BCUT2D eigenvalue weighted by molar-refractivity contribution is 1.23. The summed E-state index contributed by atoms with van der Waals surface area (Å²) in [5.74, 6) is 0. The number of amidine groups is 1. The molecular weight excluding hydrogens is 321 g/mol. The van der Waals surface area contributed by atoms with Gasteiger partial charge >= 0.3 is 0 Å². The van der Waals surface area contributed by atoms with Crippen LogP contribution in [0.5, 0.6) is 0 Å². The second kappa shape index (κ2) is 7.70. The molecule has 0 fully saturated rings. The Labute approximate surface area is 111 Å². The van der Waals surface area contributed by atoms with Crippen LogP contribution in [0, 0.1) is 0 Å². The molecule has 15 heavy (non-hydrogen) atoms. The number of hydrogen-bond acceptors (Lipinski definition) is 3. The van der Waals surface area contributed by atoms with Crippen molar-refractivity contribution in [2.24, 2.45) is 15.9 Å². The first kappa shape index (κ1) is 14.4. The maximum atomic E-state index is 5.51. The maximum absolute atomic E-state index is 5.51. The quantitative estimate of drug-likeness (QED) is 0.391. The highest BCUT2D eigenvalue weighted by Gasteiger charge is 1.94. The minimum atomic E-state index is 0. The summed E-state index contributed by atoms with van der Waals surface area (Å²) in [4.78, 5) is 0. The van der Waals surface area contributed by atoms with E-state index in [-0.39, 0.29) is 24.0 Å². The van der Waals surface area contributed by atoms with Gasteiger partial charge in [-0.15, -0.1) is 29.1 Å². The van der Waals surface area contributed by atoms with E-state index >= 15 is 0 Å². The summed E-state index contributed by atoms with van der Waals surface area (Å²) in [5.41, 5.74) is 7.43. The van der Waals surface area contributed by atoms with Crippen molar-refractivity contribution in [3.8, 4) is 0 Å². The fraction of sp³-hybridized carbons (Fsp3) is 0.200. The number of nitrogens with zero attached hydrogens (tertiary/aromatic N) is 2. The Balaban J connectivity index is 0.00000196. The number of nitrogens with two attached hydrogens (primary N) is 1. The zero-order chi connectivity index (χ0) is 10.4. The third-order valence-corrected chi connectivity index (χ3v) is 2.20. The molecule has 0 bridgehead atoms. The van der Waals surface area contributed by atoms with Gasteiger partial charge in [0.25, 0.3) is 0 Å². The van der Waals surface area contributed by atoms with Crippen molar-refractivity contribution < 1.29 is 0 Å². The molecule has 1 aromatic carbocycles. The van der Waals surface area contributed by atoms with E-state index in [1.807, 2.05) is 43.5 Å². The van der Waals surface area contributed by atoms with Crippen molar-refractivity contribution in [1.29, 1.82) is 0 Å². The molecule has 0 unspecified atom stereocenters. The van der Waals surface area contributed by atoms with E-state index in [0.29, 0.717) is 5.17 Å². The lowest BCUT2D eigenvalue weighted by Crippen LogP contribution is -2.04. The second-order valence-corrected chi connectivity index (χ2v) is 3.52. The Kier molecular flexibility index (Phi) is 7.41. The highest BCUT2D eigenvalue weighted by atomic mass is 127. The van der Waals surface area contributed by atoms with E-state index in [9.17, 15) is 0 Å². The molecule has 0 saturated heterocycles. The molecule has 0 radical (unpaired) electrons. The minimum absolute atomic E-state index is 0. The first-order valence-corrected chi connectivity index (χ1v) is 5.43. The highest BCUT2D eigenvalue weighted by molar-refractivity contribution is 14.0. The summed E-state index contributed by atoms with van der Waals surface area (Å²) in [6.07, 6.45) is 1.87. The standard InChI is InChI=1S/C10H13N3S.HI/c1-8(12-13-10(11)14-2)9-6-4-3-5-7-9;/h3-7H,1-2H3,(H2,11,13);1H. The molecule has 3 nitrogen and oxygen atoms in total. The SMILES string of the molecule is CS/C(N)=N/N=C(C)c1ccccc1.I. The Bertz CT molecular complexity index is 349. The summed E-state index contributed by atoms with van der Waals surface area (Å²) in [7, 11) is 0. The molecule has 0 aliphatic heterocycles. The van der Waals surface area contributed by atoms with Crippen LogP contribution in [-0.2, 0) is 0 Å². The van der Waals surface area contributed by atoms with Crippen LogP contribution in [0.4, 0.5) is 0 Å². The van der Waals surface area contributed by atoms with Crippen LogP contribution in [0.3, 0.4) is 0 Å². The van der Waals surface area contributed by atoms with Crippen LogP contribution >= 0.6 is 35.7 Å². The number of benzene rings is 1. The van der Waals surface area contributed by atoms with Gasteiger partial charge in [-0.05, 0) is 18.7 Å². The summed E-state index contributed by atoms with van der Waals surface area (Å²) in [6, 6.07) is 9.88.